The second kappa shape index (κ2) is 14.3. The van der Waals surface area contributed by atoms with Crippen molar-refractivity contribution in [1.29, 1.82) is 0 Å². The predicted molar refractivity (Wildman–Crippen MR) is 111 cm³/mol. The van der Waals surface area contributed by atoms with Crippen LogP contribution in [0.15, 0.2) is 23.3 Å². The molecular formula is C22H39N3O2. The highest BCUT2D eigenvalue weighted by Crippen LogP contribution is 2.27. The summed E-state index contributed by atoms with van der Waals surface area (Å²) in [7, 11) is 0. The Morgan fingerprint density at radius 1 is 0.889 bits per heavy atom. The molecule has 1 aliphatic carbocycles. The molecule has 0 bridgehead atoms. The molecule has 0 amide bonds. The lowest BCUT2D eigenvalue weighted by molar-refractivity contribution is -0.0141. The van der Waals surface area contributed by atoms with Crippen LogP contribution >= 0.6 is 0 Å². The summed E-state index contributed by atoms with van der Waals surface area (Å²) in [6, 6.07) is 0. The van der Waals surface area contributed by atoms with E-state index >= 15 is 0 Å². The van der Waals surface area contributed by atoms with Crippen molar-refractivity contribution in [3.05, 3.63) is 28.8 Å². The molecule has 0 aromatic rings. The van der Waals surface area contributed by atoms with E-state index in [0.29, 0.717) is 31.1 Å². The van der Waals surface area contributed by atoms with Crippen LogP contribution in [-0.2, 0) is 9.47 Å². The molecule has 0 atom stereocenters. The molecule has 0 aliphatic heterocycles. The minimum absolute atomic E-state index is 0.488. The Morgan fingerprint density at radius 3 is 1.96 bits per heavy atom. The standard InChI is InChI=1S/C22H39N3O2/c1-5-9-13-25(14-10-6-2)20-18-21(26-15-11-7-3)19(24-23)17-22(20)27-16-12-8-4/h18H,5-17H2,1-4H3. The summed E-state index contributed by atoms with van der Waals surface area (Å²) in [5, 5.41) is 0. The van der Waals surface area contributed by atoms with Gasteiger partial charge >= 0.3 is 5.71 Å². The fraction of sp³-hybridized carbons (Fsp3) is 0.773. The summed E-state index contributed by atoms with van der Waals surface area (Å²) in [6.45, 7) is 12.1. The van der Waals surface area contributed by atoms with Gasteiger partial charge < -0.3 is 19.9 Å². The van der Waals surface area contributed by atoms with Crippen molar-refractivity contribution in [2.45, 2.75) is 85.5 Å². The molecular weight excluding hydrogens is 338 g/mol. The van der Waals surface area contributed by atoms with Crippen molar-refractivity contribution in [2.75, 3.05) is 26.3 Å². The van der Waals surface area contributed by atoms with Gasteiger partial charge in [0.1, 0.15) is 12.2 Å². The van der Waals surface area contributed by atoms with Crippen LogP contribution in [0.4, 0.5) is 0 Å². The third kappa shape index (κ3) is 8.21. The maximum atomic E-state index is 9.49. The Kier molecular flexibility index (Phi) is 12.4. The average Bonchev–Trinajstić information content (AvgIpc) is 2.69. The first kappa shape index (κ1) is 23.3. The minimum atomic E-state index is 0.488. The summed E-state index contributed by atoms with van der Waals surface area (Å²) < 4.78 is 12.1. The second-order valence-electron chi connectivity index (χ2n) is 7.14. The van der Waals surface area contributed by atoms with Crippen LogP contribution in [0.5, 0.6) is 0 Å². The van der Waals surface area contributed by atoms with E-state index < -0.39 is 0 Å². The molecule has 0 saturated carbocycles. The molecule has 5 nitrogen and oxygen atoms in total. The molecule has 0 aromatic heterocycles. The molecule has 1 aliphatic rings. The van der Waals surface area contributed by atoms with Gasteiger partial charge in [-0.1, -0.05) is 53.4 Å². The van der Waals surface area contributed by atoms with Crippen LogP contribution in [0.25, 0.3) is 5.53 Å². The maximum absolute atomic E-state index is 9.49. The minimum Gasteiger partial charge on any atom is -0.495 e. The normalized spacial score (nSPS) is 14.1. The lowest BCUT2D eigenvalue weighted by atomic mass is 10.0. The number of unbranched alkanes of at least 4 members (excludes halogenated alkanes) is 4. The molecule has 0 fully saturated rings. The van der Waals surface area contributed by atoms with E-state index in [0.717, 1.165) is 75.9 Å². The van der Waals surface area contributed by atoms with Crippen molar-refractivity contribution >= 4 is 5.71 Å². The van der Waals surface area contributed by atoms with Gasteiger partial charge in [0.2, 0.25) is 5.76 Å². The first-order valence-corrected chi connectivity index (χ1v) is 10.9. The summed E-state index contributed by atoms with van der Waals surface area (Å²) in [5.74, 6) is 1.59. The fourth-order valence-corrected chi connectivity index (χ4v) is 2.94. The van der Waals surface area contributed by atoms with Gasteiger partial charge in [-0.2, -0.15) is 4.79 Å². The van der Waals surface area contributed by atoms with Crippen molar-refractivity contribution in [2.24, 2.45) is 0 Å². The highest BCUT2D eigenvalue weighted by Gasteiger charge is 2.30. The molecule has 0 radical (unpaired) electrons. The van der Waals surface area contributed by atoms with Gasteiger partial charge in [-0.3, -0.25) is 0 Å². The fourth-order valence-electron chi connectivity index (χ4n) is 2.94. The molecule has 0 aromatic carbocycles. The van der Waals surface area contributed by atoms with E-state index in [1.807, 2.05) is 6.08 Å². The summed E-state index contributed by atoms with van der Waals surface area (Å²) in [4.78, 5) is 5.92. The zero-order valence-electron chi connectivity index (χ0n) is 17.9. The molecule has 0 N–H and O–H groups in total. The monoisotopic (exact) mass is 377 g/mol. The number of nitrogens with zero attached hydrogens (tertiary/aromatic N) is 3. The SMILES string of the molecule is CCCCOC1=CC(N(CCCC)CCCC)=C(OCCCC)CC1=[N+]=[N-]. The molecule has 1 rings (SSSR count). The predicted octanol–water partition coefficient (Wildman–Crippen LogP) is 5.69. The zero-order chi connectivity index (χ0) is 19.9. The van der Waals surface area contributed by atoms with Gasteiger partial charge in [0.25, 0.3) is 0 Å². The van der Waals surface area contributed by atoms with E-state index in [9.17, 15) is 5.53 Å². The van der Waals surface area contributed by atoms with Gasteiger partial charge in [0.15, 0.2) is 0 Å². The first-order chi connectivity index (χ1) is 13.2. The Balaban J connectivity index is 3.14. The van der Waals surface area contributed by atoms with Crippen LogP contribution in [0.2, 0.25) is 0 Å². The van der Waals surface area contributed by atoms with E-state index in [1.165, 1.54) is 0 Å². The van der Waals surface area contributed by atoms with Gasteiger partial charge in [-0.15, -0.1) is 0 Å². The molecule has 27 heavy (non-hydrogen) atoms. The molecule has 154 valence electrons. The lowest BCUT2D eigenvalue weighted by Gasteiger charge is -2.30. The number of hydrogen-bond donors (Lipinski definition) is 0. The highest BCUT2D eigenvalue weighted by molar-refractivity contribution is 5.97. The van der Waals surface area contributed by atoms with Crippen molar-refractivity contribution in [3.8, 4) is 0 Å². The van der Waals surface area contributed by atoms with Gasteiger partial charge in [-0.25, -0.2) is 0 Å². The largest absolute Gasteiger partial charge is 0.495 e. The summed E-state index contributed by atoms with van der Waals surface area (Å²) in [6.07, 6.45) is 11.3. The first-order valence-electron chi connectivity index (χ1n) is 10.9. The molecule has 0 unspecified atom stereocenters. The summed E-state index contributed by atoms with van der Waals surface area (Å²) >= 11 is 0. The van der Waals surface area contributed by atoms with E-state index in [-0.39, 0.29) is 0 Å². The van der Waals surface area contributed by atoms with E-state index in [2.05, 4.69) is 37.4 Å². The molecule has 0 saturated heterocycles. The van der Waals surface area contributed by atoms with Crippen LogP contribution in [0, 0.1) is 0 Å². The van der Waals surface area contributed by atoms with Gasteiger partial charge in [-0.05, 0) is 25.7 Å². The number of hydrogen-bond acceptors (Lipinski definition) is 3. The summed E-state index contributed by atoms with van der Waals surface area (Å²) in [5.41, 5.74) is 11.2. The third-order valence-electron chi connectivity index (χ3n) is 4.72. The maximum Gasteiger partial charge on any atom is 0.341 e. The topological polar surface area (TPSA) is 58.1 Å². The zero-order valence-corrected chi connectivity index (χ0v) is 17.9. The van der Waals surface area contributed by atoms with E-state index in [1.54, 1.807) is 0 Å². The van der Waals surface area contributed by atoms with Crippen LogP contribution in [-0.4, -0.2) is 41.7 Å². The van der Waals surface area contributed by atoms with Crippen molar-refractivity contribution < 1.29 is 14.3 Å². The quantitative estimate of drug-likeness (QED) is 0.209. The molecule has 5 heteroatoms. The smallest absolute Gasteiger partial charge is 0.341 e. The Bertz CT molecular complexity index is 526. The number of rotatable bonds is 15. The molecule has 0 heterocycles. The Hall–Kier alpha value is -1.74. The number of allylic oxidation sites excluding steroid dienone is 3. The lowest BCUT2D eigenvalue weighted by Crippen LogP contribution is -2.30. The van der Waals surface area contributed by atoms with Gasteiger partial charge in [0, 0.05) is 19.2 Å². The Morgan fingerprint density at radius 2 is 1.44 bits per heavy atom. The Labute approximate surface area is 166 Å². The van der Waals surface area contributed by atoms with Crippen LogP contribution in [0.3, 0.4) is 0 Å². The highest BCUT2D eigenvalue weighted by atomic mass is 16.5. The molecule has 0 spiro atoms. The second-order valence-corrected chi connectivity index (χ2v) is 7.14. The third-order valence-corrected chi connectivity index (χ3v) is 4.72. The van der Waals surface area contributed by atoms with Gasteiger partial charge in [0.05, 0.1) is 18.9 Å². The van der Waals surface area contributed by atoms with E-state index in [4.69, 9.17) is 9.47 Å². The van der Waals surface area contributed by atoms with Crippen molar-refractivity contribution in [1.82, 2.24) is 4.90 Å². The average molecular weight is 378 g/mol. The van der Waals surface area contributed by atoms with Crippen LogP contribution in [0.1, 0.15) is 85.5 Å². The van der Waals surface area contributed by atoms with Crippen LogP contribution < -0.4 is 0 Å². The number of ether oxygens (including phenoxy) is 2. The van der Waals surface area contributed by atoms with Crippen molar-refractivity contribution in [3.63, 3.8) is 0 Å².